The first kappa shape index (κ1) is 16.6. The predicted octanol–water partition coefficient (Wildman–Crippen LogP) is 3.75. The van der Waals surface area contributed by atoms with Crippen LogP contribution in [0.25, 0.3) is 0 Å². The van der Waals surface area contributed by atoms with Gasteiger partial charge in [-0.25, -0.2) is 8.78 Å². The lowest BCUT2D eigenvalue weighted by atomic mass is 10.1. The van der Waals surface area contributed by atoms with E-state index in [4.69, 9.17) is 11.6 Å². The second kappa shape index (κ2) is 6.98. The molecule has 0 spiro atoms. The van der Waals surface area contributed by atoms with Gasteiger partial charge >= 0.3 is 0 Å². The maximum Gasteiger partial charge on any atom is 0.261 e. The molecule has 1 unspecified atom stereocenters. The second-order valence-electron chi connectivity index (χ2n) is 4.57. The average Bonchev–Trinajstić information content (AvgIpc) is 2.42. The summed E-state index contributed by atoms with van der Waals surface area (Å²) in [6, 6.07) is 7.74. The number of rotatable bonds is 4. The van der Waals surface area contributed by atoms with Crippen molar-refractivity contribution in [1.29, 1.82) is 0 Å². The summed E-state index contributed by atoms with van der Waals surface area (Å²) < 4.78 is 38.4. The summed E-state index contributed by atoms with van der Waals surface area (Å²) in [7, 11) is -1.11. The minimum atomic E-state index is -1.11. The van der Waals surface area contributed by atoms with Crippen LogP contribution in [0.4, 0.5) is 14.5 Å². The van der Waals surface area contributed by atoms with Crippen molar-refractivity contribution in [3.63, 3.8) is 0 Å². The zero-order chi connectivity index (χ0) is 16.3. The average molecular weight is 344 g/mol. The Hall–Kier alpha value is -1.79. The molecule has 0 heterocycles. The predicted molar refractivity (Wildman–Crippen MR) is 83.5 cm³/mol. The van der Waals surface area contributed by atoms with E-state index in [-0.39, 0.29) is 5.75 Å². The molecule has 1 atom stereocenters. The summed E-state index contributed by atoms with van der Waals surface area (Å²) in [6.07, 6.45) is 1.52. The lowest BCUT2D eigenvalue weighted by Crippen LogP contribution is -2.16. The van der Waals surface area contributed by atoms with E-state index >= 15 is 0 Å². The van der Waals surface area contributed by atoms with Crippen molar-refractivity contribution in [2.75, 3.05) is 11.6 Å². The molecule has 1 N–H and O–H groups in total. The molecule has 0 saturated carbocycles. The van der Waals surface area contributed by atoms with E-state index in [0.29, 0.717) is 16.3 Å². The van der Waals surface area contributed by atoms with Gasteiger partial charge in [0.2, 0.25) is 0 Å². The van der Waals surface area contributed by atoms with Crippen molar-refractivity contribution in [2.24, 2.45) is 0 Å². The molecule has 2 rings (SSSR count). The number of halogens is 3. The smallest absolute Gasteiger partial charge is 0.261 e. The van der Waals surface area contributed by atoms with Gasteiger partial charge in [0.15, 0.2) is 0 Å². The molecule has 0 aliphatic carbocycles. The molecule has 1 amide bonds. The van der Waals surface area contributed by atoms with Gasteiger partial charge in [-0.1, -0.05) is 17.7 Å². The topological polar surface area (TPSA) is 46.2 Å². The molecule has 116 valence electrons. The number of hydrogen-bond donors (Lipinski definition) is 1. The van der Waals surface area contributed by atoms with Crippen LogP contribution in [0.1, 0.15) is 15.9 Å². The van der Waals surface area contributed by atoms with Crippen molar-refractivity contribution < 1.29 is 17.8 Å². The van der Waals surface area contributed by atoms with Crippen LogP contribution in [0.15, 0.2) is 36.4 Å². The van der Waals surface area contributed by atoms with E-state index in [1.165, 1.54) is 30.5 Å². The SMILES string of the molecule is CS(=O)Cc1cc(NC(=O)c2c(F)cccc2F)ccc1Cl. The lowest BCUT2D eigenvalue weighted by Gasteiger charge is -2.09. The lowest BCUT2D eigenvalue weighted by molar-refractivity contribution is 0.101. The Bertz CT molecular complexity index is 732. The Labute approximate surface area is 133 Å². The van der Waals surface area contributed by atoms with Crippen molar-refractivity contribution in [3.8, 4) is 0 Å². The number of carbonyl (C=O) groups is 1. The molecule has 0 aliphatic heterocycles. The highest BCUT2D eigenvalue weighted by Crippen LogP contribution is 2.23. The van der Waals surface area contributed by atoms with Crippen LogP contribution in [-0.4, -0.2) is 16.4 Å². The molecule has 22 heavy (non-hydrogen) atoms. The normalized spacial score (nSPS) is 12.0. The summed E-state index contributed by atoms with van der Waals surface area (Å²) in [5, 5.41) is 2.81. The van der Waals surface area contributed by atoms with Gasteiger partial charge in [-0.2, -0.15) is 0 Å². The number of carbonyl (C=O) groups excluding carboxylic acids is 1. The monoisotopic (exact) mass is 343 g/mol. The highest BCUT2D eigenvalue weighted by Gasteiger charge is 2.17. The number of nitrogens with one attached hydrogen (secondary N) is 1. The largest absolute Gasteiger partial charge is 0.322 e. The zero-order valence-corrected chi connectivity index (χ0v) is 13.1. The van der Waals surface area contributed by atoms with Crippen LogP contribution in [0.5, 0.6) is 0 Å². The Morgan fingerprint density at radius 3 is 2.45 bits per heavy atom. The van der Waals surface area contributed by atoms with Crippen LogP contribution in [0.2, 0.25) is 5.02 Å². The van der Waals surface area contributed by atoms with E-state index < -0.39 is 33.9 Å². The quantitative estimate of drug-likeness (QED) is 0.919. The first-order chi connectivity index (χ1) is 10.4. The Morgan fingerprint density at radius 2 is 1.86 bits per heavy atom. The maximum absolute atomic E-state index is 13.6. The van der Waals surface area contributed by atoms with E-state index in [2.05, 4.69) is 5.32 Å². The van der Waals surface area contributed by atoms with Gasteiger partial charge in [0.1, 0.15) is 17.2 Å². The van der Waals surface area contributed by atoms with Gasteiger partial charge in [0, 0.05) is 33.5 Å². The van der Waals surface area contributed by atoms with Gasteiger partial charge in [0.05, 0.1) is 0 Å². The second-order valence-corrected chi connectivity index (χ2v) is 6.42. The summed E-state index contributed by atoms with van der Waals surface area (Å²) in [5.74, 6) is -2.57. The molecule has 0 bridgehead atoms. The van der Waals surface area contributed by atoms with Gasteiger partial charge in [-0.3, -0.25) is 9.00 Å². The van der Waals surface area contributed by atoms with Crippen molar-refractivity contribution in [3.05, 3.63) is 64.2 Å². The molecule has 0 aromatic heterocycles. The fourth-order valence-electron chi connectivity index (χ4n) is 1.89. The molecular formula is C15H12ClF2NO2S. The number of hydrogen-bond acceptors (Lipinski definition) is 2. The summed E-state index contributed by atoms with van der Waals surface area (Å²) >= 11 is 5.98. The Balaban J connectivity index is 2.27. The number of benzene rings is 2. The zero-order valence-electron chi connectivity index (χ0n) is 11.5. The van der Waals surface area contributed by atoms with Crippen LogP contribution < -0.4 is 5.32 Å². The van der Waals surface area contributed by atoms with Gasteiger partial charge in [-0.15, -0.1) is 0 Å². The summed E-state index contributed by atoms with van der Waals surface area (Å²) in [6.45, 7) is 0. The van der Waals surface area contributed by atoms with Crippen molar-refractivity contribution >= 4 is 34.0 Å². The van der Waals surface area contributed by atoms with E-state index in [9.17, 15) is 17.8 Å². The molecule has 2 aromatic carbocycles. The van der Waals surface area contributed by atoms with Crippen molar-refractivity contribution in [1.82, 2.24) is 0 Å². The third-order valence-electron chi connectivity index (χ3n) is 2.85. The molecular weight excluding hydrogens is 332 g/mol. The van der Waals surface area contributed by atoms with Gasteiger partial charge in [-0.05, 0) is 35.9 Å². The molecule has 3 nitrogen and oxygen atoms in total. The highest BCUT2D eigenvalue weighted by molar-refractivity contribution is 7.83. The highest BCUT2D eigenvalue weighted by atomic mass is 35.5. The Kier molecular flexibility index (Phi) is 5.26. The van der Waals surface area contributed by atoms with Gasteiger partial charge in [0.25, 0.3) is 5.91 Å². The maximum atomic E-state index is 13.6. The van der Waals surface area contributed by atoms with E-state index in [1.54, 1.807) is 0 Å². The fraction of sp³-hybridized carbons (Fsp3) is 0.133. The van der Waals surface area contributed by atoms with Crippen LogP contribution in [-0.2, 0) is 16.6 Å². The summed E-state index contributed by atoms with van der Waals surface area (Å²) in [5.41, 5.74) is 0.241. The first-order valence-corrected chi connectivity index (χ1v) is 8.33. The third-order valence-corrected chi connectivity index (χ3v) is 3.94. The van der Waals surface area contributed by atoms with Crippen LogP contribution in [0, 0.1) is 11.6 Å². The fourth-order valence-corrected chi connectivity index (χ4v) is 2.83. The Morgan fingerprint density at radius 1 is 1.23 bits per heavy atom. The van der Waals surface area contributed by atoms with Gasteiger partial charge < -0.3 is 5.32 Å². The standard InChI is InChI=1S/C15H12ClF2NO2S/c1-22(21)8-9-7-10(5-6-11(9)16)19-15(20)14-12(17)3-2-4-13(14)18/h2-7H,8H2,1H3,(H,19,20). The van der Waals surface area contributed by atoms with E-state index in [1.807, 2.05) is 0 Å². The molecule has 0 aliphatic rings. The number of anilines is 1. The van der Waals surface area contributed by atoms with Crippen LogP contribution in [0.3, 0.4) is 0 Å². The molecule has 0 fully saturated rings. The number of amides is 1. The third kappa shape index (κ3) is 3.90. The first-order valence-electron chi connectivity index (χ1n) is 6.22. The minimum absolute atomic E-state index is 0.219. The molecule has 2 aromatic rings. The molecule has 0 saturated heterocycles. The van der Waals surface area contributed by atoms with Crippen LogP contribution >= 0.6 is 11.6 Å². The minimum Gasteiger partial charge on any atom is -0.322 e. The summed E-state index contributed by atoms with van der Waals surface area (Å²) in [4.78, 5) is 12.0. The molecule has 0 radical (unpaired) electrons. The van der Waals surface area contributed by atoms with E-state index in [0.717, 1.165) is 12.1 Å². The van der Waals surface area contributed by atoms with Crippen molar-refractivity contribution in [2.45, 2.75) is 5.75 Å². The molecule has 7 heteroatoms.